The molecule has 1 saturated carbocycles. The van der Waals surface area contributed by atoms with E-state index in [0.717, 1.165) is 19.4 Å². The highest BCUT2D eigenvalue weighted by Gasteiger charge is 2.41. The molecule has 5 heteroatoms. The van der Waals surface area contributed by atoms with Crippen molar-refractivity contribution in [3.63, 3.8) is 0 Å². The standard InChI is InChI=1S/C11H21F3N2/c1-8(2)16(7-11(12,13)14)10-5-4-9(10)6-15-3/h8-10,15H,4-7H2,1-3H3. The Morgan fingerprint density at radius 3 is 2.25 bits per heavy atom. The summed E-state index contributed by atoms with van der Waals surface area (Å²) in [5.41, 5.74) is 0. The van der Waals surface area contributed by atoms with Crippen molar-refractivity contribution in [1.82, 2.24) is 10.2 Å². The average molecular weight is 238 g/mol. The smallest absolute Gasteiger partial charge is 0.319 e. The molecule has 1 aliphatic carbocycles. The molecule has 0 aromatic heterocycles. The number of alkyl halides is 3. The minimum absolute atomic E-state index is 0.0497. The van der Waals surface area contributed by atoms with Gasteiger partial charge in [-0.3, -0.25) is 4.90 Å². The van der Waals surface area contributed by atoms with Gasteiger partial charge in [0.2, 0.25) is 0 Å². The van der Waals surface area contributed by atoms with Gasteiger partial charge in [0, 0.05) is 12.1 Å². The van der Waals surface area contributed by atoms with Crippen molar-refractivity contribution in [2.75, 3.05) is 20.1 Å². The Hall–Kier alpha value is -0.290. The number of halogens is 3. The van der Waals surface area contributed by atoms with Crippen LogP contribution in [-0.4, -0.2) is 43.3 Å². The molecular formula is C11H21F3N2. The first-order chi connectivity index (χ1) is 7.35. The van der Waals surface area contributed by atoms with Gasteiger partial charge in [-0.1, -0.05) is 0 Å². The summed E-state index contributed by atoms with van der Waals surface area (Å²) in [4.78, 5) is 1.59. The number of nitrogens with one attached hydrogen (secondary N) is 1. The lowest BCUT2D eigenvalue weighted by atomic mass is 9.78. The van der Waals surface area contributed by atoms with E-state index in [-0.39, 0.29) is 12.1 Å². The zero-order valence-electron chi connectivity index (χ0n) is 10.1. The number of hydrogen-bond acceptors (Lipinski definition) is 2. The first-order valence-corrected chi connectivity index (χ1v) is 5.82. The summed E-state index contributed by atoms with van der Waals surface area (Å²) < 4.78 is 37.3. The van der Waals surface area contributed by atoms with Crippen molar-refractivity contribution in [3.8, 4) is 0 Å². The van der Waals surface area contributed by atoms with E-state index in [1.165, 1.54) is 0 Å². The normalized spacial score (nSPS) is 26.2. The Morgan fingerprint density at radius 2 is 1.94 bits per heavy atom. The van der Waals surface area contributed by atoms with Crippen molar-refractivity contribution in [3.05, 3.63) is 0 Å². The Balaban J connectivity index is 2.57. The third-order valence-electron chi connectivity index (χ3n) is 3.29. The third kappa shape index (κ3) is 3.63. The fourth-order valence-corrected chi connectivity index (χ4v) is 2.38. The summed E-state index contributed by atoms with van der Waals surface area (Å²) in [6.07, 6.45) is -2.17. The molecule has 0 aromatic carbocycles. The molecule has 0 saturated heterocycles. The molecule has 1 N–H and O–H groups in total. The Kier molecular flexibility index (Phi) is 4.62. The van der Waals surface area contributed by atoms with Crippen molar-refractivity contribution in [2.45, 2.75) is 44.9 Å². The van der Waals surface area contributed by atoms with Gasteiger partial charge < -0.3 is 5.32 Å². The summed E-state index contributed by atoms with van der Waals surface area (Å²) in [5.74, 6) is 0.370. The van der Waals surface area contributed by atoms with Gasteiger partial charge in [0.05, 0.1) is 6.54 Å². The number of hydrogen-bond donors (Lipinski definition) is 1. The summed E-state index contributed by atoms with van der Waals surface area (Å²) in [6.45, 7) is 3.70. The molecule has 0 heterocycles. The summed E-state index contributed by atoms with van der Waals surface area (Å²) in [6, 6.07) is 0.0420. The van der Waals surface area contributed by atoms with E-state index >= 15 is 0 Å². The molecule has 16 heavy (non-hydrogen) atoms. The molecule has 2 atom stereocenters. The second-order valence-electron chi connectivity index (χ2n) is 4.84. The van der Waals surface area contributed by atoms with Crippen LogP contribution in [0.2, 0.25) is 0 Å². The van der Waals surface area contributed by atoms with Gasteiger partial charge in [0.1, 0.15) is 0 Å². The van der Waals surface area contributed by atoms with Crippen LogP contribution in [0.5, 0.6) is 0 Å². The molecule has 2 unspecified atom stereocenters. The van der Waals surface area contributed by atoms with E-state index in [1.54, 1.807) is 4.90 Å². The van der Waals surface area contributed by atoms with Crippen LogP contribution < -0.4 is 5.32 Å². The van der Waals surface area contributed by atoms with Crippen molar-refractivity contribution in [2.24, 2.45) is 5.92 Å². The summed E-state index contributed by atoms with van der Waals surface area (Å²) in [7, 11) is 1.85. The van der Waals surface area contributed by atoms with E-state index < -0.39 is 12.7 Å². The second kappa shape index (κ2) is 5.36. The van der Waals surface area contributed by atoms with E-state index in [1.807, 2.05) is 20.9 Å². The molecule has 2 nitrogen and oxygen atoms in total. The molecule has 0 aromatic rings. The minimum atomic E-state index is -4.09. The van der Waals surface area contributed by atoms with Crippen LogP contribution in [0.4, 0.5) is 13.2 Å². The van der Waals surface area contributed by atoms with Gasteiger partial charge in [-0.2, -0.15) is 13.2 Å². The van der Waals surface area contributed by atoms with Gasteiger partial charge in [-0.25, -0.2) is 0 Å². The predicted molar refractivity (Wildman–Crippen MR) is 58.3 cm³/mol. The largest absolute Gasteiger partial charge is 0.401 e. The zero-order chi connectivity index (χ0) is 12.3. The highest BCUT2D eigenvalue weighted by molar-refractivity contribution is 4.91. The summed E-state index contributed by atoms with van der Waals surface area (Å²) in [5, 5.41) is 3.05. The first kappa shape index (κ1) is 13.8. The molecule has 96 valence electrons. The lowest BCUT2D eigenvalue weighted by Crippen LogP contribution is -2.55. The maximum absolute atomic E-state index is 12.4. The van der Waals surface area contributed by atoms with E-state index in [0.29, 0.717) is 5.92 Å². The Bertz CT molecular complexity index is 216. The molecule has 0 amide bonds. The van der Waals surface area contributed by atoms with Gasteiger partial charge in [-0.05, 0) is 46.2 Å². The van der Waals surface area contributed by atoms with Crippen molar-refractivity contribution >= 4 is 0 Å². The highest BCUT2D eigenvalue weighted by atomic mass is 19.4. The van der Waals surface area contributed by atoms with Gasteiger partial charge in [0.15, 0.2) is 0 Å². The zero-order valence-corrected chi connectivity index (χ0v) is 10.1. The highest BCUT2D eigenvalue weighted by Crippen LogP contribution is 2.34. The van der Waals surface area contributed by atoms with Gasteiger partial charge in [-0.15, -0.1) is 0 Å². The average Bonchev–Trinajstić information content (AvgIpc) is 2.09. The van der Waals surface area contributed by atoms with Crippen LogP contribution >= 0.6 is 0 Å². The SMILES string of the molecule is CNCC1CCC1N(CC(F)(F)F)C(C)C. The lowest BCUT2D eigenvalue weighted by Gasteiger charge is -2.46. The lowest BCUT2D eigenvalue weighted by molar-refractivity contribution is -0.163. The molecule has 0 radical (unpaired) electrons. The fraction of sp³-hybridized carbons (Fsp3) is 1.00. The van der Waals surface area contributed by atoms with Gasteiger partial charge >= 0.3 is 6.18 Å². The van der Waals surface area contributed by atoms with Crippen LogP contribution in [0.15, 0.2) is 0 Å². The molecule has 0 spiro atoms. The van der Waals surface area contributed by atoms with Crippen LogP contribution in [0.3, 0.4) is 0 Å². The van der Waals surface area contributed by atoms with Crippen molar-refractivity contribution in [1.29, 1.82) is 0 Å². The molecular weight excluding hydrogens is 217 g/mol. The second-order valence-corrected chi connectivity index (χ2v) is 4.84. The maximum Gasteiger partial charge on any atom is 0.401 e. The Morgan fingerprint density at radius 1 is 1.31 bits per heavy atom. The number of rotatable bonds is 5. The molecule has 0 aliphatic heterocycles. The monoisotopic (exact) mass is 238 g/mol. The predicted octanol–water partition coefficient (Wildman–Crippen LogP) is 2.26. The number of nitrogens with zero attached hydrogens (tertiary/aromatic N) is 1. The first-order valence-electron chi connectivity index (χ1n) is 5.82. The minimum Gasteiger partial charge on any atom is -0.319 e. The van der Waals surface area contributed by atoms with Crippen molar-refractivity contribution < 1.29 is 13.2 Å². The fourth-order valence-electron chi connectivity index (χ4n) is 2.38. The van der Waals surface area contributed by atoms with Crippen LogP contribution in [0.25, 0.3) is 0 Å². The van der Waals surface area contributed by atoms with Crippen LogP contribution in [0, 0.1) is 5.92 Å². The molecule has 1 rings (SSSR count). The van der Waals surface area contributed by atoms with E-state index in [4.69, 9.17) is 0 Å². The Labute approximate surface area is 95.2 Å². The molecule has 0 bridgehead atoms. The quantitative estimate of drug-likeness (QED) is 0.790. The maximum atomic E-state index is 12.4. The van der Waals surface area contributed by atoms with Crippen LogP contribution in [-0.2, 0) is 0 Å². The topological polar surface area (TPSA) is 15.3 Å². The third-order valence-corrected chi connectivity index (χ3v) is 3.29. The summed E-state index contributed by atoms with van der Waals surface area (Å²) >= 11 is 0. The molecule has 1 aliphatic rings. The van der Waals surface area contributed by atoms with Crippen LogP contribution in [0.1, 0.15) is 26.7 Å². The van der Waals surface area contributed by atoms with Gasteiger partial charge in [0.25, 0.3) is 0 Å². The van der Waals surface area contributed by atoms with E-state index in [9.17, 15) is 13.2 Å². The molecule has 1 fully saturated rings. The van der Waals surface area contributed by atoms with E-state index in [2.05, 4.69) is 5.32 Å².